The van der Waals surface area contributed by atoms with Gasteiger partial charge in [0.25, 0.3) is 0 Å². The minimum absolute atomic E-state index is 0.0573. The summed E-state index contributed by atoms with van der Waals surface area (Å²) >= 11 is 0. The quantitative estimate of drug-likeness (QED) is 0.586. The molecule has 3 saturated carbocycles. The fourth-order valence-electron chi connectivity index (χ4n) is 8.26. The van der Waals surface area contributed by atoms with Crippen molar-refractivity contribution in [2.24, 2.45) is 40.9 Å². The van der Waals surface area contributed by atoms with E-state index < -0.39 is 5.79 Å². The maximum absolute atomic E-state index is 11.7. The number of esters is 1. The van der Waals surface area contributed by atoms with Crippen LogP contribution in [0.25, 0.3) is 0 Å². The lowest BCUT2D eigenvalue weighted by atomic mass is 9.54. The first-order chi connectivity index (χ1) is 15.3. The van der Waals surface area contributed by atoms with Crippen LogP contribution in [0.2, 0.25) is 0 Å². The van der Waals surface area contributed by atoms with Gasteiger partial charge in [-0.15, -0.1) is 0 Å². The maximum Gasteiger partial charge on any atom is 0.302 e. The van der Waals surface area contributed by atoms with Crippen LogP contribution in [0.15, 0.2) is 0 Å². The number of ether oxygens (including phenoxy) is 5. The van der Waals surface area contributed by atoms with Crippen molar-refractivity contribution in [3.05, 3.63) is 0 Å². The standard InChI is InChI=1S/C26H42O6/c1-16-11-19-12-20(5-6-22(19)24(16)23-15-29-18(3)32-23)25(4)7-8-26(30-9-10-31-26)13-21(25)14-28-17(2)27/h16,18-24H,5-15H2,1-4H3/t16?,18?,19?,20?,21?,22?,23-,24+,25?/m0/s1. The number of carbonyl (C=O) groups excluding carboxylic acids is 1. The Hall–Kier alpha value is -0.690. The van der Waals surface area contributed by atoms with Gasteiger partial charge in [0, 0.05) is 25.7 Å². The molecule has 0 aromatic carbocycles. The minimum Gasteiger partial charge on any atom is -0.466 e. The predicted octanol–water partition coefficient (Wildman–Crippen LogP) is 4.55. The van der Waals surface area contributed by atoms with Crippen LogP contribution in [0.4, 0.5) is 0 Å². The van der Waals surface area contributed by atoms with E-state index in [1.165, 1.54) is 32.6 Å². The molecule has 2 aliphatic heterocycles. The monoisotopic (exact) mass is 450 g/mol. The SMILES string of the molecule is CC(=O)OCC1CC2(CCC1(C)C1CCC3C(CC(C)[C@H]3[C@@H]3COC(C)O3)C1)OCCO2. The van der Waals surface area contributed by atoms with Gasteiger partial charge in [0.2, 0.25) is 0 Å². The van der Waals surface area contributed by atoms with Gasteiger partial charge in [-0.2, -0.15) is 0 Å². The molecular formula is C26H42O6. The Morgan fingerprint density at radius 1 is 1.09 bits per heavy atom. The maximum atomic E-state index is 11.7. The van der Waals surface area contributed by atoms with Crippen LogP contribution < -0.4 is 0 Å². The van der Waals surface area contributed by atoms with Crippen LogP contribution in [0.3, 0.4) is 0 Å². The first-order valence-electron chi connectivity index (χ1n) is 13.0. The largest absolute Gasteiger partial charge is 0.466 e. The lowest BCUT2D eigenvalue weighted by Gasteiger charge is -2.53. The number of fused-ring (bicyclic) bond motifs is 1. The van der Waals surface area contributed by atoms with Crippen molar-refractivity contribution >= 4 is 5.97 Å². The van der Waals surface area contributed by atoms with Crippen LogP contribution in [0.5, 0.6) is 0 Å². The summed E-state index contributed by atoms with van der Waals surface area (Å²) in [6.07, 6.45) is 8.22. The molecule has 6 heteroatoms. The molecule has 7 unspecified atom stereocenters. The lowest BCUT2D eigenvalue weighted by Crippen LogP contribution is -2.51. The average molecular weight is 451 g/mol. The van der Waals surface area contributed by atoms with Gasteiger partial charge >= 0.3 is 5.97 Å². The zero-order valence-electron chi connectivity index (χ0n) is 20.3. The second kappa shape index (κ2) is 8.83. The smallest absolute Gasteiger partial charge is 0.302 e. The Bertz CT molecular complexity index is 690. The first-order valence-corrected chi connectivity index (χ1v) is 13.0. The van der Waals surface area contributed by atoms with E-state index in [0.29, 0.717) is 37.6 Å². The fourth-order valence-corrected chi connectivity index (χ4v) is 8.26. The second-order valence-electron chi connectivity index (χ2n) is 11.6. The highest BCUT2D eigenvalue weighted by molar-refractivity contribution is 5.65. The van der Waals surface area contributed by atoms with E-state index in [0.717, 1.165) is 37.7 Å². The Labute approximate surface area is 193 Å². The van der Waals surface area contributed by atoms with E-state index >= 15 is 0 Å². The molecule has 5 fully saturated rings. The van der Waals surface area contributed by atoms with Crippen molar-refractivity contribution in [2.75, 3.05) is 26.4 Å². The minimum atomic E-state index is -0.453. The zero-order valence-corrected chi connectivity index (χ0v) is 20.3. The third-order valence-corrected chi connectivity index (χ3v) is 9.93. The number of carbonyl (C=O) groups is 1. The summed E-state index contributed by atoms with van der Waals surface area (Å²) in [5, 5.41) is 0. The molecule has 0 N–H and O–H groups in total. The van der Waals surface area contributed by atoms with Gasteiger partial charge in [-0.25, -0.2) is 0 Å². The normalized spacial score (nSPS) is 48.1. The van der Waals surface area contributed by atoms with Crippen LogP contribution in [0.1, 0.15) is 72.6 Å². The molecule has 0 aromatic rings. The summed E-state index contributed by atoms with van der Waals surface area (Å²) in [5.41, 5.74) is 0.157. The molecule has 0 amide bonds. The molecule has 0 aromatic heterocycles. The third-order valence-electron chi connectivity index (χ3n) is 9.93. The molecule has 32 heavy (non-hydrogen) atoms. The fraction of sp³-hybridized carbons (Fsp3) is 0.962. The summed E-state index contributed by atoms with van der Waals surface area (Å²) in [7, 11) is 0. The summed E-state index contributed by atoms with van der Waals surface area (Å²) in [4.78, 5) is 11.7. The molecule has 3 aliphatic carbocycles. The van der Waals surface area contributed by atoms with Gasteiger partial charge in [0.15, 0.2) is 12.1 Å². The summed E-state index contributed by atoms with van der Waals surface area (Å²) in [6.45, 7) is 11.0. The number of hydrogen-bond acceptors (Lipinski definition) is 6. The van der Waals surface area contributed by atoms with Crippen LogP contribution >= 0.6 is 0 Å². The van der Waals surface area contributed by atoms with Crippen LogP contribution in [0, 0.1) is 40.9 Å². The summed E-state index contributed by atoms with van der Waals surface area (Å²) in [5.74, 6) is 3.15. The number of hydrogen-bond donors (Lipinski definition) is 0. The van der Waals surface area contributed by atoms with Crippen LogP contribution in [-0.4, -0.2) is 50.6 Å². The van der Waals surface area contributed by atoms with Gasteiger partial charge in [-0.3, -0.25) is 4.79 Å². The zero-order chi connectivity index (χ0) is 22.5. The van der Waals surface area contributed by atoms with Crippen molar-refractivity contribution in [1.29, 1.82) is 0 Å². The van der Waals surface area contributed by atoms with Gasteiger partial charge < -0.3 is 23.7 Å². The molecule has 2 heterocycles. The summed E-state index contributed by atoms with van der Waals surface area (Å²) in [6, 6.07) is 0. The molecule has 9 atom stereocenters. The third kappa shape index (κ3) is 4.14. The molecule has 0 bridgehead atoms. The molecule has 5 aliphatic rings. The summed E-state index contributed by atoms with van der Waals surface area (Å²) < 4.78 is 29.6. The topological polar surface area (TPSA) is 63.2 Å². The van der Waals surface area contributed by atoms with E-state index in [2.05, 4.69) is 13.8 Å². The molecule has 182 valence electrons. The first kappa shape index (κ1) is 23.1. The van der Waals surface area contributed by atoms with E-state index in [1.54, 1.807) is 0 Å². The van der Waals surface area contributed by atoms with Gasteiger partial charge in [-0.05, 0) is 74.0 Å². The van der Waals surface area contributed by atoms with E-state index in [1.807, 2.05) is 6.92 Å². The molecule has 2 saturated heterocycles. The van der Waals surface area contributed by atoms with E-state index in [4.69, 9.17) is 23.7 Å². The van der Waals surface area contributed by atoms with Crippen LogP contribution in [-0.2, 0) is 28.5 Å². The van der Waals surface area contributed by atoms with Gasteiger partial charge in [-0.1, -0.05) is 13.8 Å². The Morgan fingerprint density at radius 2 is 1.88 bits per heavy atom. The molecule has 0 radical (unpaired) electrons. The number of rotatable bonds is 4. The highest BCUT2D eigenvalue weighted by Gasteiger charge is 2.56. The van der Waals surface area contributed by atoms with Crippen molar-refractivity contribution in [2.45, 2.75) is 90.8 Å². The Balaban J connectivity index is 1.30. The average Bonchev–Trinajstić information content (AvgIpc) is 3.46. The molecule has 5 rings (SSSR count). The van der Waals surface area contributed by atoms with Gasteiger partial charge in [0.1, 0.15) is 0 Å². The lowest BCUT2D eigenvalue weighted by molar-refractivity contribution is -0.220. The van der Waals surface area contributed by atoms with Crippen molar-refractivity contribution in [3.8, 4) is 0 Å². The van der Waals surface area contributed by atoms with E-state index in [-0.39, 0.29) is 29.7 Å². The Kier molecular flexibility index (Phi) is 6.36. The molecule has 6 nitrogen and oxygen atoms in total. The van der Waals surface area contributed by atoms with Crippen molar-refractivity contribution in [3.63, 3.8) is 0 Å². The Morgan fingerprint density at radius 3 is 2.56 bits per heavy atom. The van der Waals surface area contributed by atoms with E-state index in [9.17, 15) is 4.79 Å². The highest BCUT2D eigenvalue weighted by atomic mass is 16.7. The van der Waals surface area contributed by atoms with Crippen molar-refractivity contribution in [1.82, 2.24) is 0 Å². The molecular weight excluding hydrogens is 408 g/mol. The van der Waals surface area contributed by atoms with Crippen molar-refractivity contribution < 1.29 is 28.5 Å². The predicted molar refractivity (Wildman–Crippen MR) is 119 cm³/mol. The highest BCUT2D eigenvalue weighted by Crippen LogP contribution is 2.60. The molecule has 1 spiro atoms. The second-order valence-corrected chi connectivity index (χ2v) is 11.6. The van der Waals surface area contributed by atoms with Gasteiger partial charge in [0.05, 0.1) is 32.5 Å².